The van der Waals surface area contributed by atoms with Crippen LogP contribution < -0.4 is 0 Å². The minimum Gasteiger partial charge on any atom is -0.477 e. The van der Waals surface area contributed by atoms with Crippen LogP contribution in [0.4, 0.5) is 0 Å². The van der Waals surface area contributed by atoms with Crippen molar-refractivity contribution >= 4 is 5.97 Å². The molecule has 1 aromatic rings. The van der Waals surface area contributed by atoms with Crippen LogP contribution in [0, 0.1) is 11.8 Å². The maximum Gasteiger partial charge on any atom is 0.354 e. The van der Waals surface area contributed by atoms with Gasteiger partial charge >= 0.3 is 5.97 Å². The van der Waals surface area contributed by atoms with Crippen LogP contribution in [0.5, 0.6) is 0 Å². The molecule has 1 unspecified atom stereocenters. The summed E-state index contributed by atoms with van der Waals surface area (Å²) in [5.41, 5.74) is 0.976. The van der Waals surface area contributed by atoms with Gasteiger partial charge in [-0.3, -0.25) is 10.00 Å². The molecule has 1 aliphatic carbocycles. The lowest BCUT2D eigenvalue weighted by Gasteiger charge is -2.37. The van der Waals surface area contributed by atoms with Crippen LogP contribution in [-0.4, -0.2) is 52.5 Å². The molecule has 3 atom stereocenters. The highest BCUT2D eigenvalue weighted by Gasteiger charge is 2.42. The first-order valence-corrected chi connectivity index (χ1v) is 6.69. The van der Waals surface area contributed by atoms with Crippen LogP contribution in [0.15, 0.2) is 6.20 Å². The number of nitrogens with one attached hydrogen (secondary N) is 1. The summed E-state index contributed by atoms with van der Waals surface area (Å²) in [6.07, 6.45) is 4.45. The number of carboxylic acid groups (broad SMARTS) is 1. The van der Waals surface area contributed by atoms with Gasteiger partial charge < -0.3 is 9.84 Å². The molecule has 1 saturated heterocycles. The summed E-state index contributed by atoms with van der Waals surface area (Å²) in [7, 11) is 1.80. The summed E-state index contributed by atoms with van der Waals surface area (Å²) >= 11 is 0. The van der Waals surface area contributed by atoms with Crippen molar-refractivity contribution in [2.75, 3.05) is 20.2 Å². The summed E-state index contributed by atoms with van der Waals surface area (Å²) in [4.78, 5) is 13.4. The van der Waals surface area contributed by atoms with Crippen LogP contribution in [0.3, 0.4) is 0 Å². The van der Waals surface area contributed by atoms with Gasteiger partial charge in [0, 0.05) is 32.3 Å². The van der Waals surface area contributed by atoms with Crippen molar-refractivity contribution in [3.8, 4) is 0 Å². The quantitative estimate of drug-likeness (QED) is 0.848. The molecule has 1 aromatic heterocycles. The molecule has 0 amide bonds. The zero-order valence-electron chi connectivity index (χ0n) is 11.0. The standard InChI is InChI=1S/C13H19N3O3/c1-19-12-8-2-3-9(12)6-16(5-8)7-10-4-14-15-11(10)13(17)18/h4,8-9,12H,2-3,5-7H2,1H3,(H,14,15)(H,17,18)/t8-,9+,12?. The summed E-state index contributed by atoms with van der Waals surface area (Å²) in [5, 5.41) is 15.5. The molecule has 2 fully saturated rings. The first-order valence-electron chi connectivity index (χ1n) is 6.69. The maximum absolute atomic E-state index is 11.1. The van der Waals surface area contributed by atoms with E-state index in [0.29, 0.717) is 24.5 Å². The normalized spacial score (nSPS) is 30.7. The SMILES string of the molecule is COC1[C@@H]2CC[C@H]1CN(Cc1cn[nH]c1C(=O)O)C2. The Morgan fingerprint density at radius 3 is 2.79 bits per heavy atom. The lowest BCUT2D eigenvalue weighted by atomic mass is 9.94. The number of piperidine rings is 1. The Kier molecular flexibility index (Phi) is 3.28. The van der Waals surface area contributed by atoms with E-state index in [-0.39, 0.29) is 5.69 Å². The molecule has 0 aromatic carbocycles. The first-order chi connectivity index (χ1) is 9.19. The van der Waals surface area contributed by atoms with E-state index >= 15 is 0 Å². The number of ether oxygens (including phenoxy) is 1. The third-order valence-corrected chi connectivity index (χ3v) is 4.42. The third-order valence-electron chi connectivity index (χ3n) is 4.42. The van der Waals surface area contributed by atoms with E-state index in [1.807, 2.05) is 0 Å². The van der Waals surface area contributed by atoms with Crippen LogP contribution >= 0.6 is 0 Å². The molecule has 2 heterocycles. The Balaban J connectivity index is 1.69. The second-order valence-corrected chi connectivity index (χ2v) is 5.57. The van der Waals surface area contributed by atoms with Crippen molar-refractivity contribution in [1.29, 1.82) is 0 Å². The fraction of sp³-hybridized carbons (Fsp3) is 0.692. The predicted molar refractivity (Wildman–Crippen MR) is 67.8 cm³/mol. The van der Waals surface area contributed by atoms with E-state index in [1.165, 1.54) is 12.8 Å². The Bertz CT molecular complexity index is 459. The van der Waals surface area contributed by atoms with Gasteiger partial charge in [-0.25, -0.2) is 4.79 Å². The second-order valence-electron chi connectivity index (χ2n) is 5.57. The number of methoxy groups -OCH3 is 1. The van der Waals surface area contributed by atoms with E-state index in [2.05, 4.69) is 15.1 Å². The van der Waals surface area contributed by atoms with Crippen LogP contribution in [-0.2, 0) is 11.3 Å². The molecule has 3 rings (SSSR count). The molecule has 0 spiro atoms. The molecule has 0 radical (unpaired) electrons. The smallest absolute Gasteiger partial charge is 0.354 e. The Labute approximate surface area is 111 Å². The van der Waals surface area contributed by atoms with Gasteiger partial charge in [0.05, 0.1) is 12.3 Å². The van der Waals surface area contributed by atoms with Crippen molar-refractivity contribution < 1.29 is 14.6 Å². The number of fused-ring (bicyclic) bond motifs is 2. The van der Waals surface area contributed by atoms with Crippen molar-refractivity contribution in [2.24, 2.45) is 11.8 Å². The minimum absolute atomic E-state index is 0.209. The molecule has 104 valence electrons. The number of aromatic amines is 1. The number of H-pyrrole nitrogens is 1. The Morgan fingerprint density at radius 2 is 2.21 bits per heavy atom. The van der Waals surface area contributed by atoms with Crippen LogP contribution in [0.2, 0.25) is 0 Å². The average molecular weight is 265 g/mol. The second kappa shape index (κ2) is 4.94. The highest BCUT2D eigenvalue weighted by atomic mass is 16.5. The number of hydrogen-bond donors (Lipinski definition) is 2. The number of likely N-dealkylation sites (tertiary alicyclic amines) is 1. The molecule has 1 saturated carbocycles. The molecular weight excluding hydrogens is 246 g/mol. The molecule has 2 bridgehead atoms. The van der Waals surface area contributed by atoms with E-state index in [0.717, 1.165) is 18.7 Å². The topological polar surface area (TPSA) is 78.5 Å². The summed E-state index contributed by atoms with van der Waals surface area (Å²) in [5.74, 6) is 0.232. The summed E-state index contributed by atoms with van der Waals surface area (Å²) in [6.45, 7) is 2.63. The van der Waals surface area contributed by atoms with E-state index in [9.17, 15) is 4.79 Å². The zero-order chi connectivity index (χ0) is 13.4. The highest BCUT2D eigenvalue weighted by Crippen LogP contribution is 2.39. The van der Waals surface area contributed by atoms with Gasteiger partial charge in [-0.05, 0) is 24.7 Å². The molecule has 19 heavy (non-hydrogen) atoms. The number of hydrogen-bond acceptors (Lipinski definition) is 4. The van der Waals surface area contributed by atoms with Gasteiger partial charge in [-0.2, -0.15) is 5.10 Å². The Hall–Kier alpha value is -1.40. The molecule has 2 aliphatic rings. The summed E-state index contributed by atoms with van der Waals surface area (Å²) in [6, 6.07) is 0. The first kappa shape index (κ1) is 12.6. The minimum atomic E-state index is -0.942. The Morgan fingerprint density at radius 1 is 1.53 bits per heavy atom. The van der Waals surface area contributed by atoms with Crippen molar-refractivity contribution in [3.63, 3.8) is 0 Å². The molecule has 6 nitrogen and oxygen atoms in total. The van der Waals surface area contributed by atoms with Gasteiger partial charge in [0.25, 0.3) is 0 Å². The van der Waals surface area contributed by atoms with Crippen molar-refractivity contribution in [2.45, 2.75) is 25.5 Å². The molecule has 6 heteroatoms. The van der Waals surface area contributed by atoms with Crippen molar-refractivity contribution in [1.82, 2.24) is 15.1 Å². The van der Waals surface area contributed by atoms with Gasteiger partial charge in [-0.1, -0.05) is 0 Å². The molecule has 1 aliphatic heterocycles. The van der Waals surface area contributed by atoms with Crippen molar-refractivity contribution in [3.05, 3.63) is 17.5 Å². The third kappa shape index (κ3) is 2.26. The number of carboxylic acids is 1. The summed E-state index contributed by atoms with van der Waals surface area (Å²) < 4.78 is 5.58. The predicted octanol–water partition coefficient (Wildman–Crippen LogP) is 0.965. The van der Waals surface area contributed by atoms with E-state index in [1.54, 1.807) is 13.3 Å². The lowest BCUT2D eigenvalue weighted by molar-refractivity contribution is -0.0180. The van der Waals surface area contributed by atoms with Gasteiger partial charge in [0.2, 0.25) is 0 Å². The van der Waals surface area contributed by atoms with E-state index in [4.69, 9.17) is 9.84 Å². The van der Waals surface area contributed by atoms with Gasteiger partial charge in [0.1, 0.15) is 5.69 Å². The monoisotopic (exact) mass is 265 g/mol. The van der Waals surface area contributed by atoms with Crippen LogP contribution in [0.25, 0.3) is 0 Å². The number of carbonyl (C=O) groups is 1. The highest BCUT2D eigenvalue weighted by molar-refractivity contribution is 5.86. The average Bonchev–Trinajstić information content (AvgIpc) is 2.92. The number of aromatic nitrogens is 2. The fourth-order valence-electron chi connectivity index (χ4n) is 3.64. The largest absolute Gasteiger partial charge is 0.477 e. The number of rotatable bonds is 4. The van der Waals surface area contributed by atoms with Crippen LogP contribution in [0.1, 0.15) is 28.9 Å². The maximum atomic E-state index is 11.1. The zero-order valence-corrected chi connectivity index (χ0v) is 11.0. The van der Waals surface area contributed by atoms with Gasteiger partial charge in [0.15, 0.2) is 0 Å². The number of nitrogens with zero attached hydrogens (tertiary/aromatic N) is 2. The fourth-order valence-corrected chi connectivity index (χ4v) is 3.64. The van der Waals surface area contributed by atoms with E-state index < -0.39 is 5.97 Å². The van der Waals surface area contributed by atoms with Gasteiger partial charge in [-0.15, -0.1) is 0 Å². The lowest BCUT2D eigenvalue weighted by Crippen LogP contribution is -2.45. The molecule has 2 N–H and O–H groups in total. The number of aromatic carboxylic acids is 1. The molecular formula is C13H19N3O3.